The van der Waals surface area contributed by atoms with Gasteiger partial charge < -0.3 is 10.1 Å². The second-order valence-electron chi connectivity index (χ2n) is 5.92. The minimum Gasteiger partial charge on any atom is -0.466 e. The number of sulfonamides is 1. The highest BCUT2D eigenvalue weighted by Crippen LogP contribution is 2.30. The molecule has 1 aliphatic heterocycles. The van der Waals surface area contributed by atoms with Gasteiger partial charge in [-0.1, -0.05) is 0 Å². The molecule has 2 rings (SSSR count). The van der Waals surface area contributed by atoms with Crippen LogP contribution in [0.2, 0.25) is 0 Å². The number of hydrogen-bond donors (Lipinski definition) is 1. The number of rotatable bonds is 7. The fraction of sp³-hybridized carbons (Fsp3) is 0.667. The molecule has 10 heteroatoms. The van der Waals surface area contributed by atoms with Gasteiger partial charge >= 0.3 is 5.97 Å². The Bertz CT molecular complexity index is 742. The van der Waals surface area contributed by atoms with Crippen LogP contribution in [0.4, 0.5) is 5.13 Å². The van der Waals surface area contributed by atoms with E-state index in [-0.39, 0.29) is 31.9 Å². The van der Waals surface area contributed by atoms with Crippen LogP contribution in [-0.2, 0) is 37.3 Å². The summed E-state index contributed by atoms with van der Waals surface area (Å²) in [5.74, 6) is -0.726. The lowest BCUT2D eigenvalue weighted by molar-refractivity contribution is -0.144. The molecule has 140 valence electrons. The van der Waals surface area contributed by atoms with Crippen molar-refractivity contribution in [2.45, 2.75) is 51.8 Å². The zero-order valence-corrected chi connectivity index (χ0v) is 16.2. The van der Waals surface area contributed by atoms with E-state index in [1.54, 1.807) is 20.8 Å². The van der Waals surface area contributed by atoms with Gasteiger partial charge in [-0.3, -0.25) is 9.59 Å². The highest BCUT2D eigenvalue weighted by atomic mass is 32.2. The fourth-order valence-corrected chi connectivity index (χ4v) is 4.74. The largest absolute Gasteiger partial charge is 0.466 e. The highest BCUT2D eigenvalue weighted by Gasteiger charge is 2.31. The van der Waals surface area contributed by atoms with Crippen molar-refractivity contribution in [2.24, 2.45) is 0 Å². The van der Waals surface area contributed by atoms with Crippen molar-refractivity contribution >= 4 is 38.4 Å². The van der Waals surface area contributed by atoms with E-state index >= 15 is 0 Å². The molecule has 0 saturated carbocycles. The van der Waals surface area contributed by atoms with Gasteiger partial charge in [0.25, 0.3) is 0 Å². The molecule has 0 radical (unpaired) electrons. The lowest BCUT2D eigenvalue weighted by Gasteiger charge is -2.26. The minimum absolute atomic E-state index is 0.0190. The Morgan fingerprint density at radius 1 is 1.36 bits per heavy atom. The van der Waals surface area contributed by atoms with Crippen LogP contribution < -0.4 is 5.32 Å². The summed E-state index contributed by atoms with van der Waals surface area (Å²) in [7, 11) is -3.31. The van der Waals surface area contributed by atoms with Crippen LogP contribution in [0.15, 0.2) is 0 Å². The number of carbonyl (C=O) groups excluding carboxylic acids is 2. The first-order chi connectivity index (χ1) is 11.7. The summed E-state index contributed by atoms with van der Waals surface area (Å²) in [6.45, 7) is 6.00. The van der Waals surface area contributed by atoms with Crippen LogP contribution in [0, 0.1) is 0 Å². The second-order valence-corrected chi connectivity index (χ2v) is 9.49. The number of fused-ring (bicyclic) bond motifs is 1. The Hall–Kier alpha value is -1.52. The Labute approximate surface area is 151 Å². The number of thiazole rings is 1. The van der Waals surface area contributed by atoms with Gasteiger partial charge in [-0.25, -0.2) is 13.4 Å². The van der Waals surface area contributed by atoms with Crippen LogP contribution in [0.25, 0.3) is 0 Å². The van der Waals surface area contributed by atoms with E-state index in [1.165, 1.54) is 15.6 Å². The number of nitrogens with zero attached hydrogens (tertiary/aromatic N) is 2. The number of esters is 1. The van der Waals surface area contributed by atoms with Crippen LogP contribution in [0.1, 0.15) is 44.2 Å². The summed E-state index contributed by atoms with van der Waals surface area (Å²) in [5.41, 5.74) is 0.820. The predicted octanol–water partition coefficient (Wildman–Crippen LogP) is 1.52. The lowest BCUT2D eigenvalue weighted by atomic mass is 10.2. The quantitative estimate of drug-likeness (QED) is 0.709. The molecule has 0 aromatic carbocycles. The number of nitrogens with one attached hydrogen (secondary N) is 1. The Morgan fingerprint density at radius 3 is 2.72 bits per heavy atom. The van der Waals surface area contributed by atoms with E-state index in [0.717, 1.165) is 10.6 Å². The number of aromatic nitrogens is 1. The van der Waals surface area contributed by atoms with Gasteiger partial charge in [-0.2, -0.15) is 4.31 Å². The van der Waals surface area contributed by atoms with Crippen LogP contribution in [0.3, 0.4) is 0 Å². The first kappa shape index (κ1) is 19.8. The van der Waals surface area contributed by atoms with Crippen LogP contribution >= 0.6 is 11.3 Å². The van der Waals surface area contributed by atoms with Gasteiger partial charge in [0.2, 0.25) is 15.9 Å². The van der Waals surface area contributed by atoms with Gasteiger partial charge in [0.05, 0.1) is 24.0 Å². The average molecular weight is 389 g/mol. The molecule has 1 N–H and O–H groups in total. The maximum absolute atomic E-state index is 12.3. The van der Waals surface area contributed by atoms with Crippen molar-refractivity contribution < 1.29 is 22.7 Å². The van der Waals surface area contributed by atoms with Gasteiger partial charge in [0, 0.05) is 30.8 Å². The molecule has 1 aromatic rings. The molecular formula is C15H23N3O5S2. The molecule has 8 nitrogen and oxygen atoms in total. The SMILES string of the molecule is CCOC(=O)CCC(=O)Nc1nc2c(s1)CN(S(=O)(=O)C(C)C)CC2. The molecule has 0 aliphatic carbocycles. The Balaban J connectivity index is 1.96. The van der Waals surface area contributed by atoms with Crippen molar-refractivity contribution in [1.82, 2.24) is 9.29 Å². The molecular weight excluding hydrogens is 366 g/mol. The molecule has 0 fully saturated rings. The molecule has 0 atom stereocenters. The van der Waals surface area contributed by atoms with E-state index in [2.05, 4.69) is 10.3 Å². The van der Waals surface area contributed by atoms with E-state index in [9.17, 15) is 18.0 Å². The highest BCUT2D eigenvalue weighted by molar-refractivity contribution is 7.89. The first-order valence-electron chi connectivity index (χ1n) is 8.17. The molecule has 0 saturated heterocycles. The molecule has 0 bridgehead atoms. The number of hydrogen-bond acceptors (Lipinski definition) is 7. The van der Waals surface area contributed by atoms with Gasteiger partial charge in [-0.05, 0) is 20.8 Å². The summed E-state index contributed by atoms with van der Waals surface area (Å²) in [6.07, 6.45) is 0.568. The van der Waals surface area contributed by atoms with E-state index in [1.807, 2.05) is 0 Å². The van der Waals surface area contributed by atoms with Crippen molar-refractivity contribution in [3.05, 3.63) is 10.6 Å². The minimum atomic E-state index is -3.31. The normalized spacial score (nSPS) is 15.0. The lowest BCUT2D eigenvalue weighted by Crippen LogP contribution is -2.39. The summed E-state index contributed by atoms with van der Waals surface area (Å²) >= 11 is 1.27. The van der Waals surface area contributed by atoms with Crippen LogP contribution in [0.5, 0.6) is 0 Å². The average Bonchev–Trinajstić information content (AvgIpc) is 2.94. The zero-order chi connectivity index (χ0) is 18.6. The third-order valence-corrected chi connectivity index (χ3v) is 6.98. The Kier molecular flexibility index (Phi) is 6.53. The maximum Gasteiger partial charge on any atom is 0.306 e. The third-order valence-electron chi connectivity index (χ3n) is 3.76. The van der Waals surface area contributed by atoms with Gasteiger partial charge in [0.15, 0.2) is 5.13 Å². The molecule has 25 heavy (non-hydrogen) atoms. The van der Waals surface area contributed by atoms with E-state index < -0.39 is 21.2 Å². The molecule has 1 aromatic heterocycles. The predicted molar refractivity (Wildman–Crippen MR) is 94.8 cm³/mol. The van der Waals surface area contributed by atoms with Crippen LogP contribution in [-0.4, -0.2) is 48.0 Å². The summed E-state index contributed by atoms with van der Waals surface area (Å²) < 4.78 is 30.8. The number of carbonyl (C=O) groups is 2. The van der Waals surface area contributed by atoms with E-state index in [4.69, 9.17) is 4.74 Å². The number of ether oxygens (including phenoxy) is 1. The van der Waals surface area contributed by atoms with Gasteiger partial charge in [0.1, 0.15) is 0 Å². The second kappa shape index (κ2) is 8.24. The zero-order valence-electron chi connectivity index (χ0n) is 14.6. The van der Waals surface area contributed by atoms with Crippen molar-refractivity contribution in [3.63, 3.8) is 0 Å². The van der Waals surface area contributed by atoms with Crippen molar-refractivity contribution in [2.75, 3.05) is 18.5 Å². The Morgan fingerprint density at radius 2 is 2.08 bits per heavy atom. The van der Waals surface area contributed by atoms with Crippen molar-refractivity contribution in [3.8, 4) is 0 Å². The smallest absolute Gasteiger partial charge is 0.306 e. The summed E-state index contributed by atoms with van der Waals surface area (Å²) in [4.78, 5) is 28.4. The summed E-state index contributed by atoms with van der Waals surface area (Å²) in [5, 5.41) is 2.63. The molecule has 0 unspecified atom stereocenters. The first-order valence-corrected chi connectivity index (χ1v) is 10.5. The standard InChI is InChI=1S/C15H23N3O5S2/c1-4-23-14(20)6-5-13(19)17-15-16-11-7-8-18(9-12(11)24-15)25(21,22)10(2)3/h10H,4-9H2,1-3H3,(H,16,17,19). The molecule has 0 spiro atoms. The molecule has 1 amide bonds. The fourth-order valence-electron chi connectivity index (χ4n) is 2.37. The maximum atomic E-state index is 12.3. The monoisotopic (exact) mass is 389 g/mol. The number of amides is 1. The third kappa shape index (κ3) is 4.99. The number of anilines is 1. The van der Waals surface area contributed by atoms with Gasteiger partial charge in [-0.15, -0.1) is 11.3 Å². The van der Waals surface area contributed by atoms with E-state index in [0.29, 0.717) is 18.1 Å². The topological polar surface area (TPSA) is 106 Å². The summed E-state index contributed by atoms with van der Waals surface area (Å²) in [6, 6.07) is 0. The molecule has 2 heterocycles. The van der Waals surface area contributed by atoms with Crippen molar-refractivity contribution in [1.29, 1.82) is 0 Å². The molecule has 1 aliphatic rings.